The van der Waals surface area contributed by atoms with Gasteiger partial charge in [-0.25, -0.2) is 8.78 Å². The van der Waals surface area contributed by atoms with Crippen LogP contribution in [0, 0.1) is 0 Å². The highest BCUT2D eigenvalue weighted by atomic mass is 35.5. The third kappa shape index (κ3) is 2.57. The zero-order valence-corrected chi connectivity index (χ0v) is 8.96. The Hall–Kier alpha value is -1.43. The highest BCUT2D eigenvalue weighted by Crippen LogP contribution is 2.35. The van der Waals surface area contributed by atoms with Crippen LogP contribution in [0.1, 0.15) is 17.7 Å². The SMILES string of the molecule is COc1c(CC(=O)O)cnc(C(F)F)c1Cl. The maximum atomic E-state index is 12.4. The Morgan fingerprint density at radius 1 is 1.69 bits per heavy atom. The Morgan fingerprint density at radius 3 is 2.75 bits per heavy atom. The number of hydrogen-bond donors (Lipinski definition) is 1. The lowest BCUT2D eigenvalue weighted by Crippen LogP contribution is -2.05. The Morgan fingerprint density at radius 2 is 2.31 bits per heavy atom. The van der Waals surface area contributed by atoms with Gasteiger partial charge in [-0.15, -0.1) is 0 Å². The van der Waals surface area contributed by atoms with Crippen LogP contribution in [0.4, 0.5) is 8.78 Å². The van der Waals surface area contributed by atoms with Crippen LogP contribution in [-0.4, -0.2) is 23.2 Å². The number of ether oxygens (including phenoxy) is 1. The van der Waals surface area contributed by atoms with Gasteiger partial charge >= 0.3 is 5.97 Å². The van der Waals surface area contributed by atoms with Crippen molar-refractivity contribution in [2.45, 2.75) is 12.8 Å². The van der Waals surface area contributed by atoms with E-state index in [0.717, 1.165) is 6.20 Å². The molecule has 1 heterocycles. The molecule has 0 atom stereocenters. The lowest BCUT2D eigenvalue weighted by atomic mass is 10.1. The number of hydrogen-bond acceptors (Lipinski definition) is 3. The number of carboxylic acid groups (broad SMARTS) is 1. The number of nitrogens with zero attached hydrogens (tertiary/aromatic N) is 1. The molecule has 0 aliphatic rings. The molecule has 88 valence electrons. The molecule has 4 nitrogen and oxygen atoms in total. The molecule has 0 saturated heterocycles. The van der Waals surface area contributed by atoms with Gasteiger partial charge in [0.1, 0.15) is 16.5 Å². The maximum absolute atomic E-state index is 12.4. The fraction of sp³-hybridized carbons (Fsp3) is 0.333. The molecule has 0 bridgehead atoms. The molecule has 0 aromatic carbocycles. The van der Waals surface area contributed by atoms with Gasteiger partial charge in [-0.3, -0.25) is 9.78 Å². The van der Waals surface area contributed by atoms with Crippen LogP contribution >= 0.6 is 11.6 Å². The zero-order valence-electron chi connectivity index (χ0n) is 8.21. The average Bonchev–Trinajstić information content (AvgIpc) is 2.16. The number of alkyl halides is 2. The van der Waals surface area contributed by atoms with Crippen molar-refractivity contribution in [3.8, 4) is 5.75 Å². The first-order valence-electron chi connectivity index (χ1n) is 4.18. The van der Waals surface area contributed by atoms with E-state index >= 15 is 0 Å². The number of halogens is 3. The Balaban J connectivity index is 3.23. The van der Waals surface area contributed by atoms with Crippen LogP contribution < -0.4 is 4.74 Å². The summed E-state index contributed by atoms with van der Waals surface area (Å²) in [4.78, 5) is 13.9. The Kier molecular flexibility index (Phi) is 4.00. The van der Waals surface area contributed by atoms with E-state index in [1.165, 1.54) is 7.11 Å². The van der Waals surface area contributed by atoms with Crippen molar-refractivity contribution in [3.05, 3.63) is 22.5 Å². The van der Waals surface area contributed by atoms with Crippen molar-refractivity contribution >= 4 is 17.6 Å². The standard InChI is InChI=1S/C9H8ClF2NO3/c1-16-8-4(2-5(14)15)3-13-7(6(8)10)9(11)12/h3,9H,2H2,1H3,(H,14,15). The van der Waals surface area contributed by atoms with E-state index in [-0.39, 0.29) is 22.8 Å². The van der Waals surface area contributed by atoms with Crippen molar-refractivity contribution in [1.82, 2.24) is 4.98 Å². The first kappa shape index (κ1) is 12.6. The minimum atomic E-state index is -2.83. The number of carboxylic acids is 1. The zero-order chi connectivity index (χ0) is 12.3. The Labute approximate surface area is 94.8 Å². The van der Waals surface area contributed by atoms with Gasteiger partial charge < -0.3 is 9.84 Å². The van der Waals surface area contributed by atoms with E-state index in [0.29, 0.717) is 0 Å². The van der Waals surface area contributed by atoms with Crippen molar-refractivity contribution in [1.29, 1.82) is 0 Å². The summed E-state index contributed by atoms with van der Waals surface area (Å²) in [6, 6.07) is 0. The summed E-state index contributed by atoms with van der Waals surface area (Å²) in [6.07, 6.45) is -2.19. The van der Waals surface area contributed by atoms with Gasteiger partial charge in [-0.05, 0) is 0 Å². The monoisotopic (exact) mass is 251 g/mol. The van der Waals surface area contributed by atoms with Crippen LogP contribution in [0.15, 0.2) is 6.20 Å². The lowest BCUT2D eigenvalue weighted by molar-refractivity contribution is -0.136. The predicted molar refractivity (Wildman–Crippen MR) is 52.1 cm³/mol. The summed E-state index contributed by atoms with van der Waals surface area (Å²) in [5, 5.41) is 8.23. The van der Waals surface area contributed by atoms with Crippen LogP contribution in [0.2, 0.25) is 5.02 Å². The molecule has 1 aromatic rings. The van der Waals surface area contributed by atoms with Crippen LogP contribution in [-0.2, 0) is 11.2 Å². The second-order valence-corrected chi connectivity index (χ2v) is 3.27. The van der Waals surface area contributed by atoms with E-state index in [2.05, 4.69) is 4.98 Å². The van der Waals surface area contributed by atoms with Gasteiger partial charge in [0.25, 0.3) is 6.43 Å². The molecule has 0 unspecified atom stereocenters. The maximum Gasteiger partial charge on any atom is 0.308 e. The summed E-state index contributed by atoms with van der Waals surface area (Å²) < 4.78 is 29.6. The first-order chi connectivity index (χ1) is 7.47. The van der Waals surface area contributed by atoms with Gasteiger partial charge in [-0.1, -0.05) is 11.6 Å². The molecular weight excluding hydrogens is 244 g/mol. The molecule has 7 heteroatoms. The predicted octanol–water partition coefficient (Wildman–Crippen LogP) is 2.31. The van der Waals surface area contributed by atoms with Crippen molar-refractivity contribution in [2.24, 2.45) is 0 Å². The third-order valence-electron chi connectivity index (χ3n) is 1.83. The van der Waals surface area contributed by atoms with Gasteiger partial charge in [0, 0.05) is 11.8 Å². The van der Waals surface area contributed by atoms with E-state index in [1.54, 1.807) is 0 Å². The molecule has 0 aliphatic heterocycles. The van der Waals surface area contributed by atoms with Gasteiger partial charge in [0.15, 0.2) is 0 Å². The summed E-state index contributed by atoms with van der Waals surface area (Å²) in [7, 11) is 1.22. The molecule has 0 aliphatic carbocycles. The lowest BCUT2D eigenvalue weighted by Gasteiger charge is -2.11. The average molecular weight is 252 g/mol. The number of aromatic nitrogens is 1. The normalized spacial score (nSPS) is 10.6. The summed E-state index contributed by atoms with van der Waals surface area (Å²) in [5.74, 6) is -1.20. The number of rotatable bonds is 4. The first-order valence-corrected chi connectivity index (χ1v) is 4.56. The molecule has 16 heavy (non-hydrogen) atoms. The molecule has 1 N–H and O–H groups in total. The number of aliphatic carboxylic acids is 1. The molecule has 0 saturated carbocycles. The number of carbonyl (C=O) groups is 1. The molecular formula is C9H8ClF2NO3. The van der Waals surface area contributed by atoms with E-state index in [9.17, 15) is 13.6 Å². The minimum absolute atomic E-state index is 0.0747. The molecule has 1 rings (SSSR count). The summed E-state index contributed by atoms with van der Waals surface area (Å²) >= 11 is 5.63. The van der Waals surface area contributed by atoms with Crippen LogP contribution in [0.25, 0.3) is 0 Å². The molecule has 0 amide bonds. The molecule has 0 spiro atoms. The second-order valence-electron chi connectivity index (χ2n) is 2.89. The minimum Gasteiger partial charge on any atom is -0.495 e. The van der Waals surface area contributed by atoms with E-state index in [4.69, 9.17) is 21.4 Å². The summed E-state index contributed by atoms with van der Waals surface area (Å²) in [5.41, 5.74) is -0.461. The second kappa shape index (κ2) is 5.07. The highest BCUT2D eigenvalue weighted by Gasteiger charge is 2.21. The third-order valence-corrected chi connectivity index (χ3v) is 2.19. The highest BCUT2D eigenvalue weighted by molar-refractivity contribution is 6.32. The van der Waals surface area contributed by atoms with E-state index < -0.39 is 18.1 Å². The number of pyridine rings is 1. The van der Waals surface area contributed by atoms with Gasteiger partial charge in [-0.2, -0.15) is 0 Å². The number of methoxy groups -OCH3 is 1. The smallest absolute Gasteiger partial charge is 0.308 e. The van der Waals surface area contributed by atoms with Gasteiger partial charge in [0.2, 0.25) is 0 Å². The van der Waals surface area contributed by atoms with Crippen molar-refractivity contribution in [3.63, 3.8) is 0 Å². The fourth-order valence-electron chi connectivity index (χ4n) is 1.18. The molecule has 1 aromatic heterocycles. The van der Waals surface area contributed by atoms with Gasteiger partial charge in [0.05, 0.1) is 13.5 Å². The summed E-state index contributed by atoms with van der Waals surface area (Å²) in [6.45, 7) is 0. The van der Waals surface area contributed by atoms with Crippen LogP contribution in [0.3, 0.4) is 0 Å². The quantitative estimate of drug-likeness (QED) is 0.892. The molecule has 0 fully saturated rings. The largest absolute Gasteiger partial charge is 0.495 e. The topological polar surface area (TPSA) is 59.4 Å². The van der Waals surface area contributed by atoms with E-state index in [1.807, 2.05) is 0 Å². The Bertz CT molecular complexity index is 412. The van der Waals surface area contributed by atoms with Crippen molar-refractivity contribution in [2.75, 3.05) is 7.11 Å². The molecule has 0 radical (unpaired) electrons. The fourth-order valence-corrected chi connectivity index (χ4v) is 1.51. The van der Waals surface area contributed by atoms with Crippen molar-refractivity contribution < 1.29 is 23.4 Å². The van der Waals surface area contributed by atoms with Crippen LogP contribution in [0.5, 0.6) is 5.75 Å².